The number of aromatic nitrogens is 1. The van der Waals surface area contributed by atoms with Crippen LogP contribution in [0.5, 0.6) is 17.2 Å². The maximum Gasteiger partial charge on any atom is 0.271 e. The third-order valence-corrected chi connectivity index (χ3v) is 8.75. The van der Waals surface area contributed by atoms with E-state index < -0.39 is 11.0 Å². The van der Waals surface area contributed by atoms with Crippen LogP contribution in [0.3, 0.4) is 0 Å². The number of allylic oxidation sites excluding steroid dienone is 1. The first kappa shape index (κ1) is 32.2. The molecule has 238 valence electrons. The Morgan fingerprint density at radius 1 is 1.02 bits per heavy atom. The average Bonchev–Trinajstić information content (AvgIpc) is 3.37. The van der Waals surface area contributed by atoms with Gasteiger partial charge in [-0.3, -0.25) is 24.3 Å². The summed E-state index contributed by atoms with van der Waals surface area (Å²) in [5, 5.41) is 10.9. The topological polar surface area (TPSA) is 126 Å². The number of amides is 1. The Morgan fingerprint density at radius 2 is 1.70 bits per heavy atom. The number of carbonyl (C=O) groups excluding carboxylic acids is 1. The molecule has 0 aliphatic carbocycles. The van der Waals surface area contributed by atoms with Crippen molar-refractivity contribution in [1.29, 1.82) is 0 Å². The Kier molecular flexibility index (Phi) is 9.67. The Balaban J connectivity index is 1.52. The van der Waals surface area contributed by atoms with Crippen molar-refractivity contribution in [2.45, 2.75) is 33.4 Å². The monoisotopic (exact) mass is 642 g/mol. The zero-order valence-electron chi connectivity index (χ0n) is 26.2. The van der Waals surface area contributed by atoms with Crippen LogP contribution in [0.2, 0.25) is 0 Å². The lowest BCUT2D eigenvalue weighted by Gasteiger charge is -2.30. The van der Waals surface area contributed by atoms with E-state index in [9.17, 15) is 19.7 Å². The zero-order valence-corrected chi connectivity index (χ0v) is 27.0. The molecule has 0 fully saturated rings. The molecule has 1 aliphatic heterocycles. The molecule has 1 aromatic heterocycles. The van der Waals surface area contributed by atoms with Gasteiger partial charge in [0.2, 0.25) is 0 Å². The first-order valence-electron chi connectivity index (χ1n) is 14.7. The Morgan fingerprint density at radius 3 is 2.30 bits per heavy atom. The van der Waals surface area contributed by atoms with Gasteiger partial charge in [0.15, 0.2) is 4.80 Å². The Labute approximate surface area is 269 Å². The zero-order chi connectivity index (χ0) is 33.0. The van der Waals surface area contributed by atoms with Crippen LogP contribution in [0.4, 0.5) is 5.69 Å². The molecule has 46 heavy (non-hydrogen) atoms. The number of nitro benzene ring substituents is 1. The van der Waals surface area contributed by atoms with Crippen LogP contribution < -0.4 is 29.1 Å². The molecule has 0 saturated carbocycles. The molecule has 5 rings (SSSR count). The number of nitrogens with zero attached hydrogens (tertiary/aromatic N) is 4. The van der Waals surface area contributed by atoms with Crippen LogP contribution in [0, 0.1) is 10.1 Å². The molecule has 0 bridgehead atoms. The molecular weight excluding hydrogens is 608 g/mol. The van der Waals surface area contributed by atoms with Gasteiger partial charge in [0.05, 0.1) is 34.9 Å². The van der Waals surface area contributed by atoms with Crippen LogP contribution >= 0.6 is 11.3 Å². The highest BCUT2D eigenvalue weighted by atomic mass is 32.1. The summed E-state index contributed by atoms with van der Waals surface area (Å²) < 4.78 is 19.1. The van der Waals surface area contributed by atoms with E-state index in [4.69, 9.17) is 19.2 Å². The standard InChI is InChI=1S/C34H34N4O7S/c1-6-36(7-2)33(40)30-21(3)35-34-37(31(30)27-19-26(43-4)16-17-28(27)44-5)32(39)29(46-34)18-22-10-14-25(15-11-22)45-20-23-8-12-24(13-9-23)38(41)42/h8-19,31H,6-7,20H2,1-5H3/b29-18+/t31-/m0/s1. The van der Waals surface area contributed by atoms with Gasteiger partial charge in [0.25, 0.3) is 17.2 Å². The number of carbonyl (C=O) groups is 1. The van der Waals surface area contributed by atoms with E-state index in [2.05, 4.69) is 0 Å². The molecule has 0 radical (unpaired) electrons. The molecular formula is C34H34N4O7S. The predicted octanol–water partition coefficient (Wildman–Crippen LogP) is 4.61. The SMILES string of the molecule is CCN(CC)C(=O)C1=C(C)N=c2s/c(=C/c3ccc(OCc4ccc([N+](=O)[O-])cc4)cc3)c(=O)n2[C@H]1c1cc(OC)ccc1OC. The molecule has 0 saturated heterocycles. The van der Waals surface area contributed by atoms with Gasteiger partial charge >= 0.3 is 0 Å². The molecule has 4 aromatic rings. The smallest absolute Gasteiger partial charge is 0.271 e. The number of fused-ring (bicyclic) bond motifs is 1. The first-order chi connectivity index (χ1) is 22.2. The van der Waals surface area contributed by atoms with E-state index in [1.54, 1.807) is 79.2 Å². The van der Waals surface area contributed by atoms with E-state index in [-0.39, 0.29) is 23.8 Å². The lowest BCUT2D eigenvalue weighted by Crippen LogP contribution is -2.43. The molecule has 0 spiro atoms. The fourth-order valence-electron chi connectivity index (χ4n) is 5.32. The third-order valence-electron chi connectivity index (χ3n) is 7.76. The third kappa shape index (κ3) is 6.43. The van der Waals surface area contributed by atoms with Gasteiger partial charge in [-0.15, -0.1) is 0 Å². The molecule has 1 aliphatic rings. The van der Waals surface area contributed by atoms with Gasteiger partial charge in [-0.05, 0) is 80.4 Å². The highest BCUT2D eigenvalue weighted by molar-refractivity contribution is 7.07. The molecule has 1 amide bonds. The van der Waals surface area contributed by atoms with Crippen molar-refractivity contribution in [1.82, 2.24) is 9.47 Å². The molecule has 1 atom stereocenters. The summed E-state index contributed by atoms with van der Waals surface area (Å²) in [6.07, 6.45) is 1.79. The van der Waals surface area contributed by atoms with Crippen LogP contribution in [-0.2, 0) is 11.4 Å². The largest absolute Gasteiger partial charge is 0.497 e. The van der Waals surface area contributed by atoms with Crippen molar-refractivity contribution in [3.63, 3.8) is 0 Å². The van der Waals surface area contributed by atoms with Gasteiger partial charge in [0.1, 0.15) is 29.9 Å². The van der Waals surface area contributed by atoms with Crippen molar-refractivity contribution in [2.24, 2.45) is 4.99 Å². The summed E-state index contributed by atoms with van der Waals surface area (Å²) in [5.74, 6) is 1.50. The summed E-state index contributed by atoms with van der Waals surface area (Å²) in [6.45, 7) is 6.89. The number of hydrogen-bond acceptors (Lipinski definition) is 9. The molecule has 0 unspecified atom stereocenters. The van der Waals surface area contributed by atoms with E-state index in [1.165, 1.54) is 23.5 Å². The minimum absolute atomic E-state index is 0.0224. The number of likely N-dealkylation sites (N-methyl/N-ethyl adjacent to an activating group) is 1. The van der Waals surface area contributed by atoms with Gasteiger partial charge in [-0.2, -0.15) is 0 Å². The van der Waals surface area contributed by atoms with Crippen molar-refractivity contribution < 1.29 is 23.9 Å². The molecule has 11 nitrogen and oxygen atoms in total. The van der Waals surface area contributed by atoms with E-state index in [0.717, 1.165) is 11.1 Å². The number of thiazole rings is 1. The van der Waals surface area contributed by atoms with Crippen molar-refractivity contribution in [3.05, 3.63) is 124 Å². The molecule has 12 heteroatoms. The second-order valence-electron chi connectivity index (χ2n) is 10.4. The fraction of sp³-hybridized carbons (Fsp3) is 0.265. The van der Waals surface area contributed by atoms with E-state index >= 15 is 0 Å². The number of methoxy groups -OCH3 is 2. The normalized spacial score (nSPS) is 14.4. The quantitative estimate of drug-likeness (QED) is 0.173. The Hall–Kier alpha value is -5.23. The van der Waals surface area contributed by atoms with Crippen LogP contribution in [-0.4, -0.2) is 47.6 Å². The lowest BCUT2D eigenvalue weighted by atomic mass is 9.93. The Bertz CT molecular complexity index is 1980. The lowest BCUT2D eigenvalue weighted by molar-refractivity contribution is -0.384. The molecule has 2 heterocycles. The van der Waals surface area contributed by atoms with Crippen LogP contribution in [0.1, 0.15) is 43.5 Å². The van der Waals surface area contributed by atoms with Crippen LogP contribution in [0.25, 0.3) is 6.08 Å². The number of nitro groups is 1. The van der Waals surface area contributed by atoms with Crippen LogP contribution in [0.15, 0.2) is 87.8 Å². The van der Waals surface area contributed by atoms with Gasteiger partial charge in [-0.25, -0.2) is 4.99 Å². The van der Waals surface area contributed by atoms with Crippen molar-refractivity contribution in [3.8, 4) is 17.2 Å². The summed E-state index contributed by atoms with van der Waals surface area (Å²) in [6, 6.07) is 18.0. The maximum absolute atomic E-state index is 14.1. The van der Waals surface area contributed by atoms with Gasteiger partial charge in [0, 0.05) is 30.8 Å². The summed E-state index contributed by atoms with van der Waals surface area (Å²) >= 11 is 1.25. The minimum atomic E-state index is -0.785. The van der Waals surface area contributed by atoms with E-state index in [1.807, 2.05) is 26.0 Å². The second-order valence-corrected chi connectivity index (χ2v) is 11.5. The molecule has 3 aromatic carbocycles. The second kappa shape index (κ2) is 13.8. The highest BCUT2D eigenvalue weighted by Crippen LogP contribution is 2.38. The summed E-state index contributed by atoms with van der Waals surface area (Å²) in [4.78, 5) is 45.4. The summed E-state index contributed by atoms with van der Waals surface area (Å²) in [7, 11) is 3.11. The molecule has 0 N–H and O–H groups in total. The number of non-ortho nitro benzene ring substituents is 1. The number of benzene rings is 3. The first-order valence-corrected chi connectivity index (χ1v) is 15.5. The van der Waals surface area contributed by atoms with Gasteiger partial charge in [-0.1, -0.05) is 23.5 Å². The maximum atomic E-state index is 14.1. The number of ether oxygens (including phenoxy) is 3. The highest BCUT2D eigenvalue weighted by Gasteiger charge is 2.36. The van der Waals surface area contributed by atoms with E-state index in [0.29, 0.717) is 56.5 Å². The average molecular weight is 643 g/mol. The van der Waals surface area contributed by atoms with Crippen molar-refractivity contribution in [2.75, 3.05) is 27.3 Å². The number of rotatable bonds is 11. The van der Waals surface area contributed by atoms with Crippen molar-refractivity contribution >= 4 is 29.0 Å². The predicted molar refractivity (Wildman–Crippen MR) is 175 cm³/mol. The van der Waals surface area contributed by atoms with Gasteiger partial charge < -0.3 is 19.1 Å². The minimum Gasteiger partial charge on any atom is -0.497 e. The summed E-state index contributed by atoms with van der Waals surface area (Å²) in [5.41, 5.74) is 2.88. The fourth-order valence-corrected chi connectivity index (χ4v) is 6.36. The number of hydrogen-bond donors (Lipinski definition) is 0.